The number of nitrogens with zero attached hydrogens (tertiary/aromatic N) is 3. The molecule has 2 aromatic rings. The number of carbonyl (C=O) groups excluding carboxylic acids is 2. The van der Waals surface area contributed by atoms with Gasteiger partial charge in [0, 0.05) is 12.0 Å². The summed E-state index contributed by atoms with van der Waals surface area (Å²) < 4.78 is 62.1. The molecule has 7 nitrogen and oxygen atoms in total. The molecule has 0 radical (unpaired) electrons. The molecular formula is C25H23F4N3O4. The highest BCUT2D eigenvalue weighted by Crippen LogP contribution is 2.45. The molecule has 0 saturated carbocycles. The third kappa shape index (κ3) is 3.69. The second-order valence-corrected chi connectivity index (χ2v) is 9.14. The van der Waals surface area contributed by atoms with Crippen LogP contribution in [0.5, 0.6) is 5.75 Å². The van der Waals surface area contributed by atoms with Gasteiger partial charge in [-0.25, -0.2) is 4.39 Å². The van der Waals surface area contributed by atoms with Crippen LogP contribution in [0.2, 0.25) is 0 Å². The Labute approximate surface area is 204 Å². The normalized spacial score (nSPS) is 23.5. The summed E-state index contributed by atoms with van der Waals surface area (Å²) in [4.78, 5) is 26.3. The Kier molecular flexibility index (Phi) is 5.70. The van der Waals surface area contributed by atoms with Gasteiger partial charge in [-0.15, -0.1) is 0 Å². The Hall–Kier alpha value is -3.60. The van der Waals surface area contributed by atoms with E-state index in [2.05, 4.69) is 0 Å². The first-order valence-corrected chi connectivity index (χ1v) is 11.4. The first-order valence-electron chi connectivity index (χ1n) is 11.4. The van der Waals surface area contributed by atoms with E-state index in [1.165, 1.54) is 22.2 Å². The predicted octanol–water partition coefficient (Wildman–Crippen LogP) is 4.21. The largest absolute Gasteiger partial charge is 0.503 e. The SMILES string of the molecule is CC1CC(=O)C(O)=C2C(=O)N(C(C)C(F)(F)F)CN(C3c4ccccc4COc4c(F)cccc43)N21. The number of aliphatic hydroxyl groups excluding tert-OH is 1. The molecule has 190 valence electrons. The molecule has 2 aromatic carbocycles. The minimum Gasteiger partial charge on any atom is -0.503 e. The minimum atomic E-state index is -4.77. The summed E-state index contributed by atoms with van der Waals surface area (Å²) in [5.41, 5.74) is 1.14. The lowest BCUT2D eigenvalue weighted by molar-refractivity contribution is -0.211. The number of fused-ring (bicyclic) bond motifs is 3. The van der Waals surface area contributed by atoms with Crippen LogP contribution in [-0.4, -0.2) is 56.6 Å². The summed E-state index contributed by atoms with van der Waals surface area (Å²) >= 11 is 0. The number of amides is 1. The van der Waals surface area contributed by atoms with E-state index < -0.39 is 59.9 Å². The molecule has 0 spiro atoms. The Balaban J connectivity index is 1.76. The molecule has 1 N–H and O–H groups in total. The van der Waals surface area contributed by atoms with Gasteiger partial charge in [-0.2, -0.15) is 18.2 Å². The van der Waals surface area contributed by atoms with Crippen LogP contribution in [0.3, 0.4) is 0 Å². The second-order valence-electron chi connectivity index (χ2n) is 9.14. The number of allylic oxidation sites excluding steroid dienone is 1. The van der Waals surface area contributed by atoms with Crippen molar-refractivity contribution >= 4 is 11.7 Å². The van der Waals surface area contributed by atoms with E-state index >= 15 is 0 Å². The first kappa shape index (κ1) is 24.1. The zero-order chi connectivity index (χ0) is 25.9. The molecule has 0 aliphatic carbocycles. The van der Waals surface area contributed by atoms with Gasteiger partial charge in [-0.05, 0) is 31.0 Å². The summed E-state index contributed by atoms with van der Waals surface area (Å²) in [6.07, 6.45) is -4.92. The molecule has 1 amide bonds. The lowest BCUT2D eigenvalue weighted by atomic mass is 9.93. The topological polar surface area (TPSA) is 73.3 Å². The van der Waals surface area contributed by atoms with Gasteiger partial charge in [0.2, 0.25) is 5.78 Å². The molecule has 3 aliphatic heterocycles. The smallest absolute Gasteiger partial charge is 0.408 e. The summed E-state index contributed by atoms with van der Waals surface area (Å²) in [5, 5.41) is 13.5. The Morgan fingerprint density at radius 3 is 2.50 bits per heavy atom. The molecule has 1 fully saturated rings. The number of rotatable bonds is 2. The van der Waals surface area contributed by atoms with Crippen LogP contribution in [-0.2, 0) is 16.2 Å². The van der Waals surface area contributed by atoms with Crippen LogP contribution >= 0.6 is 0 Å². The number of aliphatic hydroxyl groups is 1. The van der Waals surface area contributed by atoms with E-state index in [-0.39, 0.29) is 18.8 Å². The molecule has 5 rings (SSSR count). The van der Waals surface area contributed by atoms with Gasteiger partial charge < -0.3 is 14.7 Å². The van der Waals surface area contributed by atoms with E-state index in [0.717, 1.165) is 6.92 Å². The lowest BCUT2D eigenvalue weighted by Gasteiger charge is -2.53. The van der Waals surface area contributed by atoms with Crippen molar-refractivity contribution in [1.82, 2.24) is 14.9 Å². The van der Waals surface area contributed by atoms with Crippen LogP contribution in [0.1, 0.15) is 43.0 Å². The van der Waals surface area contributed by atoms with Crippen molar-refractivity contribution in [1.29, 1.82) is 0 Å². The maximum Gasteiger partial charge on any atom is 0.408 e. The number of hydrazine groups is 1. The Morgan fingerprint density at radius 1 is 1.08 bits per heavy atom. The molecule has 3 unspecified atom stereocenters. The molecule has 3 aliphatic rings. The number of benzene rings is 2. The Bertz CT molecular complexity index is 1280. The van der Waals surface area contributed by atoms with E-state index in [1.807, 2.05) is 0 Å². The number of hydrogen-bond acceptors (Lipinski definition) is 6. The van der Waals surface area contributed by atoms with Gasteiger partial charge in [0.25, 0.3) is 5.91 Å². The lowest BCUT2D eigenvalue weighted by Crippen LogP contribution is -2.66. The minimum absolute atomic E-state index is 0.0258. The number of carbonyl (C=O) groups is 2. The maximum atomic E-state index is 14.9. The summed E-state index contributed by atoms with van der Waals surface area (Å²) in [5.74, 6) is -3.42. The third-order valence-electron chi connectivity index (χ3n) is 6.91. The number of para-hydroxylation sites is 1. The van der Waals surface area contributed by atoms with Gasteiger partial charge in [0.05, 0.1) is 18.8 Å². The average Bonchev–Trinajstić information content (AvgIpc) is 2.99. The van der Waals surface area contributed by atoms with Crippen LogP contribution in [0.15, 0.2) is 53.9 Å². The van der Waals surface area contributed by atoms with Crippen molar-refractivity contribution in [3.05, 3.63) is 76.4 Å². The fourth-order valence-electron chi connectivity index (χ4n) is 5.06. The van der Waals surface area contributed by atoms with Gasteiger partial charge in [-0.1, -0.05) is 36.4 Å². The van der Waals surface area contributed by atoms with Crippen molar-refractivity contribution in [3.8, 4) is 5.75 Å². The zero-order valence-corrected chi connectivity index (χ0v) is 19.4. The molecular weight excluding hydrogens is 482 g/mol. The van der Waals surface area contributed by atoms with Gasteiger partial charge in [0.1, 0.15) is 12.6 Å². The van der Waals surface area contributed by atoms with Gasteiger partial charge in [0.15, 0.2) is 23.0 Å². The summed E-state index contributed by atoms with van der Waals surface area (Å²) in [6, 6.07) is 7.60. The molecule has 11 heteroatoms. The number of ketones is 1. The highest BCUT2D eigenvalue weighted by Gasteiger charge is 2.52. The number of Topliss-reactive ketones (excluding diaryl/α,β-unsaturated/α-hetero) is 1. The number of alkyl halides is 3. The van der Waals surface area contributed by atoms with E-state index in [1.54, 1.807) is 37.3 Å². The first-order chi connectivity index (χ1) is 17.0. The molecule has 36 heavy (non-hydrogen) atoms. The highest BCUT2D eigenvalue weighted by atomic mass is 19.4. The van der Waals surface area contributed by atoms with Crippen molar-refractivity contribution in [2.24, 2.45) is 0 Å². The fraction of sp³-hybridized carbons (Fsp3) is 0.360. The zero-order valence-electron chi connectivity index (χ0n) is 19.4. The fourth-order valence-corrected chi connectivity index (χ4v) is 5.06. The summed E-state index contributed by atoms with van der Waals surface area (Å²) in [7, 11) is 0. The van der Waals surface area contributed by atoms with Crippen molar-refractivity contribution in [3.63, 3.8) is 0 Å². The summed E-state index contributed by atoms with van der Waals surface area (Å²) in [6.45, 7) is 1.98. The van der Waals surface area contributed by atoms with E-state index in [4.69, 9.17) is 4.74 Å². The third-order valence-corrected chi connectivity index (χ3v) is 6.91. The number of ether oxygens (including phenoxy) is 1. The monoisotopic (exact) mass is 505 g/mol. The van der Waals surface area contributed by atoms with E-state index in [9.17, 15) is 32.3 Å². The van der Waals surface area contributed by atoms with Gasteiger partial charge >= 0.3 is 6.18 Å². The molecule has 3 atom stereocenters. The standard InChI is InChI=1S/C25H23F4N3O4/c1-13-10-19(33)22(34)21-24(35)30(14(2)25(27,28)29)12-31(32(13)21)20-16-7-4-3-6-15(16)11-36-23-17(20)8-5-9-18(23)26/h3-9,13-14,20,34H,10-12H2,1-2H3. The average molecular weight is 505 g/mol. The highest BCUT2D eigenvalue weighted by molar-refractivity contribution is 6.05. The van der Waals surface area contributed by atoms with Gasteiger partial charge in [-0.3, -0.25) is 14.6 Å². The molecule has 0 bridgehead atoms. The molecule has 0 aromatic heterocycles. The molecule has 1 saturated heterocycles. The number of halogens is 4. The molecule has 3 heterocycles. The number of hydrogen-bond donors (Lipinski definition) is 1. The van der Waals surface area contributed by atoms with Crippen LogP contribution in [0, 0.1) is 5.82 Å². The van der Waals surface area contributed by atoms with E-state index in [0.29, 0.717) is 21.6 Å². The van der Waals surface area contributed by atoms with Crippen molar-refractivity contribution < 1.29 is 37.0 Å². The van der Waals surface area contributed by atoms with Crippen molar-refractivity contribution in [2.45, 2.75) is 51.2 Å². The van der Waals surface area contributed by atoms with Crippen LogP contribution < -0.4 is 4.74 Å². The quantitative estimate of drug-likeness (QED) is 0.617. The van der Waals surface area contributed by atoms with Crippen LogP contribution in [0.4, 0.5) is 17.6 Å². The van der Waals surface area contributed by atoms with Crippen molar-refractivity contribution in [2.75, 3.05) is 6.67 Å². The maximum absolute atomic E-state index is 14.9. The second kappa shape index (κ2) is 8.51. The predicted molar refractivity (Wildman–Crippen MR) is 119 cm³/mol. The Morgan fingerprint density at radius 2 is 1.78 bits per heavy atom. The van der Waals surface area contributed by atoms with Crippen LogP contribution in [0.25, 0.3) is 0 Å².